The highest BCUT2D eigenvalue weighted by Crippen LogP contribution is 2.23. The number of anilines is 1. The lowest BCUT2D eigenvalue weighted by Gasteiger charge is -2.31. The highest BCUT2D eigenvalue weighted by Gasteiger charge is 2.22. The summed E-state index contributed by atoms with van der Waals surface area (Å²) in [5.41, 5.74) is 4.25. The van der Waals surface area contributed by atoms with Gasteiger partial charge in [0.1, 0.15) is 0 Å². The van der Waals surface area contributed by atoms with Gasteiger partial charge in [0.2, 0.25) is 11.8 Å². The third kappa shape index (κ3) is 6.54. The Morgan fingerprint density at radius 2 is 1.79 bits per heavy atom. The number of carbonyl (C=O) groups is 2. The Morgan fingerprint density at radius 1 is 1.03 bits per heavy atom. The number of nitrogens with one attached hydrogen (secondary N) is 2. The summed E-state index contributed by atoms with van der Waals surface area (Å²) >= 11 is 0. The van der Waals surface area contributed by atoms with Crippen molar-refractivity contribution in [1.29, 1.82) is 0 Å². The molecular weight excluding hydrogens is 428 g/mol. The van der Waals surface area contributed by atoms with E-state index in [9.17, 15) is 9.59 Å². The van der Waals surface area contributed by atoms with E-state index >= 15 is 0 Å². The maximum Gasteiger partial charge on any atom is 0.238 e. The number of piperidine rings is 1. The molecule has 2 aromatic carbocycles. The van der Waals surface area contributed by atoms with Gasteiger partial charge in [-0.15, -0.1) is 0 Å². The van der Waals surface area contributed by atoms with Gasteiger partial charge in [-0.2, -0.15) is 0 Å². The molecule has 2 N–H and O–H groups in total. The van der Waals surface area contributed by atoms with E-state index in [1.54, 1.807) is 6.20 Å². The first-order valence-electron chi connectivity index (χ1n) is 11.9. The van der Waals surface area contributed by atoms with E-state index in [0.717, 1.165) is 42.9 Å². The molecule has 3 aromatic rings. The minimum atomic E-state index is -0.0141. The second-order valence-corrected chi connectivity index (χ2v) is 8.95. The number of hydrogen-bond donors (Lipinski definition) is 2. The quantitative estimate of drug-likeness (QED) is 0.528. The summed E-state index contributed by atoms with van der Waals surface area (Å²) in [4.78, 5) is 31.2. The van der Waals surface area contributed by atoms with Crippen molar-refractivity contribution in [3.63, 3.8) is 0 Å². The SMILES string of the molecule is Cc1ccc(-c2cnc(CCC(=O)NC3CCN(CC(=O)Nc4ccccc4)CC3)o2)cc1C. The maximum absolute atomic E-state index is 12.4. The molecule has 0 radical (unpaired) electrons. The second kappa shape index (κ2) is 11.1. The molecule has 0 bridgehead atoms. The molecule has 0 aliphatic carbocycles. The second-order valence-electron chi connectivity index (χ2n) is 8.95. The minimum Gasteiger partial charge on any atom is -0.441 e. The summed E-state index contributed by atoms with van der Waals surface area (Å²) in [6.45, 7) is 6.08. The number of aromatic nitrogens is 1. The van der Waals surface area contributed by atoms with Crippen molar-refractivity contribution in [2.24, 2.45) is 0 Å². The molecule has 1 aliphatic rings. The Labute approximate surface area is 200 Å². The van der Waals surface area contributed by atoms with Gasteiger partial charge in [-0.3, -0.25) is 14.5 Å². The van der Waals surface area contributed by atoms with Crippen LogP contribution in [-0.4, -0.2) is 47.4 Å². The number of para-hydroxylation sites is 1. The number of likely N-dealkylation sites (tertiary alicyclic amines) is 1. The fourth-order valence-corrected chi connectivity index (χ4v) is 4.13. The topological polar surface area (TPSA) is 87.5 Å². The van der Waals surface area contributed by atoms with E-state index in [1.807, 2.05) is 36.4 Å². The van der Waals surface area contributed by atoms with Gasteiger partial charge in [-0.1, -0.05) is 30.3 Å². The van der Waals surface area contributed by atoms with E-state index < -0.39 is 0 Å². The maximum atomic E-state index is 12.4. The number of aryl methyl sites for hydroxylation is 3. The molecule has 2 heterocycles. The number of hydrogen-bond acceptors (Lipinski definition) is 5. The molecule has 1 aliphatic heterocycles. The molecular formula is C27H32N4O3. The number of rotatable bonds is 8. The largest absolute Gasteiger partial charge is 0.441 e. The molecule has 7 nitrogen and oxygen atoms in total. The van der Waals surface area contributed by atoms with Crippen molar-refractivity contribution in [2.75, 3.05) is 25.0 Å². The van der Waals surface area contributed by atoms with Crippen molar-refractivity contribution in [2.45, 2.75) is 45.6 Å². The van der Waals surface area contributed by atoms with Crippen LogP contribution in [0.4, 0.5) is 5.69 Å². The summed E-state index contributed by atoms with van der Waals surface area (Å²) < 4.78 is 5.86. The lowest BCUT2D eigenvalue weighted by Crippen LogP contribution is -2.46. The van der Waals surface area contributed by atoms with Crippen LogP contribution in [0, 0.1) is 13.8 Å². The molecule has 1 saturated heterocycles. The number of benzene rings is 2. The van der Waals surface area contributed by atoms with Crippen LogP contribution >= 0.6 is 0 Å². The zero-order valence-corrected chi connectivity index (χ0v) is 19.8. The molecule has 34 heavy (non-hydrogen) atoms. The van der Waals surface area contributed by atoms with Gasteiger partial charge in [-0.25, -0.2) is 4.98 Å². The smallest absolute Gasteiger partial charge is 0.238 e. The van der Waals surface area contributed by atoms with Crippen LogP contribution in [0.3, 0.4) is 0 Å². The van der Waals surface area contributed by atoms with Gasteiger partial charge in [0.25, 0.3) is 0 Å². The van der Waals surface area contributed by atoms with E-state index in [2.05, 4.69) is 46.5 Å². The van der Waals surface area contributed by atoms with Gasteiger partial charge in [0.05, 0.1) is 12.7 Å². The van der Waals surface area contributed by atoms with E-state index in [4.69, 9.17) is 4.42 Å². The van der Waals surface area contributed by atoms with E-state index in [-0.39, 0.29) is 17.9 Å². The number of nitrogens with zero attached hydrogens (tertiary/aromatic N) is 2. The zero-order valence-electron chi connectivity index (χ0n) is 19.8. The van der Waals surface area contributed by atoms with Crippen LogP contribution in [0.1, 0.15) is 36.3 Å². The van der Waals surface area contributed by atoms with Gasteiger partial charge < -0.3 is 15.1 Å². The molecule has 1 fully saturated rings. The standard InChI is InChI=1S/C27H32N4O3/c1-19-8-9-21(16-20(19)2)24-17-28-27(34-24)11-10-25(32)29-23-12-14-31(15-13-23)18-26(33)30-22-6-4-3-5-7-22/h3-9,16-17,23H,10-15,18H2,1-2H3,(H,29,32)(H,30,33). The van der Waals surface area contributed by atoms with Crippen molar-refractivity contribution in [3.05, 3.63) is 71.7 Å². The summed E-state index contributed by atoms with van der Waals surface area (Å²) in [5, 5.41) is 6.04. The Balaban J connectivity index is 1.17. The zero-order chi connectivity index (χ0) is 23.9. The average Bonchev–Trinajstić information content (AvgIpc) is 3.30. The van der Waals surface area contributed by atoms with E-state index in [1.165, 1.54) is 11.1 Å². The monoisotopic (exact) mass is 460 g/mol. The molecule has 0 spiro atoms. The molecule has 4 rings (SSSR count). The average molecular weight is 461 g/mol. The first-order valence-corrected chi connectivity index (χ1v) is 11.9. The van der Waals surface area contributed by atoms with Crippen LogP contribution in [0.2, 0.25) is 0 Å². The van der Waals surface area contributed by atoms with Crippen LogP contribution in [0.25, 0.3) is 11.3 Å². The Kier molecular flexibility index (Phi) is 7.75. The number of oxazole rings is 1. The summed E-state index contributed by atoms with van der Waals surface area (Å²) in [5.74, 6) is 1.29. The molecule has 0 unspecified atom stereocenters. The van der Waals surface area contributed by atoms with Crippen LogP contribution in [0.5, 0.6) is 0 Å². The molecule has 178 valence electrons. The predicted molar refractivity (Wildman–Crippen MR) is 132 cm³/mol. The van der Waals surface area contributed by atoms with Gasteiger partial charge >= 0.3 is 0 Å². The van der Waals surface area contributed by atoms with Gasteiger partial charge in [-0.05, 0) is 56.0 Å². The van der Waals surface area contributed by atoms with Crippen molar-refractivity contribution >= 4 is 17.5 Å². The van der Waals surface area contributed by atoms with E-state index in [0.29, 0.717) is 25.3 Å². The third-order valence-corrected chi connectivity index (χ3v) is 6.29. The molecule has 2 amide bonds. The predicted octanol–water partition coefficient (Wildman–Crippen LogP) is 4.11. The fraction of sp³-hybridized carbons (Fsp3) is 0.370. The third-order valence-electron chi connectivity index (χ3n) is 6.29. The lowest BCUT2D eigenvalue weighted by atomic mass is 10.0. The molecule has 0 atom stereocenters. The highest BCUT2D eigenvalue weighted by molar-refractivity contribution is 5.92. The summed E-state index contributed by atoms with van der Waals surface area (Å²) in [6, 6.07) is 15.8. The van der Waals surface area contributed by atoms with Gasteiger partial charge in [0, 0.05) is 43.2 Å². The normalized spacial score (nSPS) is 14.6. The highest BCUT2D eigenvalue weighted by atomic mass is 16.4. The Hall–Kier alpha value is -3.45. The molecule has 1 aromatic heterocycles. The van der Waals surface area contributed by atoms with Crippen LogP contribution in [0.15, 0.2) is 59.1 Å². The van der Waals surface area contributed by atoms with Crippen LogP contribution in [-0.2, 0) is 16.0 Å². The summed E-state index contributed by atoms with van der Waals surface area (Å²) in [6.07, 6.45) is 4.20. The first kappa shape index (κ1) is 23.7. The first-order chi connectivity index (χ1) is 16.5. The van der Waals surface area contributed by atoms with Gasteiger partial charge in [0.15, 0.2) is 11.7 Å². The van der Waals surface area contributed by atoms with Crippen molar-refractivity contribution in [3.8, 4) is 11.3 Å². The van der Waals surface area contributed by atoms with Crippen molar-refractivity contribution in [1.82, 2.24) is 15.2 Å². The molecule has 0 saturated carbocycles. The minimum absolute atomic E-state index is 0.00574. The summed E-state index contributed by atoms with van der Waals surface area (Å²) in [7, 11) is 0. The number of carbonyl (C=O) groups excluding carboxylic acids is 2. The Morgan fingerprint density at radius 3 is 2.53 bits per heavy atom. The van der Waals surface area contributed by atoms with Crippen molar-refractivity contribution < 1.29 is 14.0 Å². The molecule has 7 heteroatoms. The lowest BCUT2D eigenvalue weighted by molar-refractivity contribution is -0.122. The van der Waals surface area contributed by atoms with Crippen LogP contribution < -0.4 is 10.6 Å². The Bertz CT molecular complexity index is 1120. The fourth-order valence-electron chi connectivity index (χ4n) is 4.13. The number of amides is 2.